The molecule has 2 aromatic carbocycles. The third-order valence-corrected chi connectivity index (χ3v) is 2.05. The first-order valence-corrected chi connectivity index (χ1v) is 4.47. The molecule has 2 aromatic rings. The summed E-state index contributed by atoms with van der Waals surface area (Å²) in [4.78, 5) is 2.02. The van der Waals surface area contributed by atoms with Crippen LogP contribution in [-0.2, 0) is 0 Å². The van der Waals surface area contributed by atoms with E-state index in [1.807, 2.05) is 54.4 Å². The smallest absolute Gasteiger partial charge is 0.361 e. The SMILES string of the molecule is CN(c1c#cccc1)c1[c-]cccc1.[Li+]. The molecule has 0 heterocycles. The fourth-order valence-electron chi connectivity index (χ4n) is 1.26. The third kappa shape index (κ3) is 2.80. The number of hydrogen-bond acceptors (Lipinski definition) is 1. The maximum Gasteiger partial charge on any atom is 1.00 e. The number of benzene rings is 1. The molecule has 2 heteroatoms. The zero-order chi connectivity index (χ0) is 9.80. The Morgan fingerprint density at radius 2 is 2.07 bits per heavy atom. The van der Waals surface area contributed by atoms with Crippen molar-refractivity contribution in [1.29, 1.82) is 0 Å². The quantitative estimate of drug-likeness (QED) is 0.467. The van der Waals surface area contributed by atoms with Crippen LogP contribution in [0.1, 0.15) is 0 Å². The van der Waals surface area contributed by atoms with Crippen molar-refractivity contribution in [2.45, 2.75) is 0 Å². The zero-order valence-corrected chi connectivity index (χ0v) is 8.99. The van der Waals surface area contributed by atoms with Crippen molar-refractivity contribution in [2.24, 2.45) is 0 Å². The Hall–Kier alpha value is -1.34. The van der Waals surface area contributed by atoms with E-state index in [4.69, 9.17) is 0 Å². The van der Waals surface area contributed by atoms with E-state index in [2.05, 4.69) is 18.2 Å². The van der Waals surface area contributed by atoms with Crippen molar-refractivity contribution in [3.63, 3.8) is 0 Å². The van der Waals surface area contributed by atoms with E-state index < -0.39 is 0 Å². The van der Waals surface area contributed by atoms with Gasteiger partial charge >= 0.3 is 18.9 Å². The molecule has 0 spiro atoms. The van der Waals surface area contributed by atoms with Gasteiger partial charge in [0.1, 0.15) is 0 Å². The van der Waals surface area contributed by atoms with Gasteiger partial charge in [-0.2, -0.15) is 24.3 Å². The summed E-state index contributed by atoms with van der Waals surface area (Å²) < 4.78 is 0. The van der Waals surface area contributed by atoms with Gasteiger partial charge in [-0.25, -0.2) is 0 Å². The summed E-state index contributed by atoms with van der Waals surface area (Å²) in [5.74, 6) is 0. The minimum Gasteiger partial charge on any atom is -0.361 e. The molecule has 68 valence electrons. The largest absolute Gasteiger partial charge is 1.00 e. The fourth-order valence-corrected chi connectivity index (χ4v) is 1.26. The van der Waals surface area contributed by atoms with Crippen molar-refractivity contribution in [3.8, 4) is 0 Å². The van der Waals surface area contributed by atoms with Gasteiger partial charge < -0.3 is 4.90 Å². The Bertz CT molecular complexity index is 346. The molecule has 0 atom stereocenters. The van der Waals surface area contributed by atoms with E-state index in [1.165, 1.54) is 0 Å². The van der Waals surface area contributed by atoms with Crippen LogP contribution in [0.2, 0.25) is 0 Å². The summed E-state index contributed by atoms with van der Waals surface area (Å²) in [6, 6.07) is 22.8. The van der Waals surface area contributed by atoms with Gasteiger partial charge in [-0.15, -0.1) is 6.07 Å². The molecule has 0 fully saturated rings. The van der Waals surface area contributed by atoms with Gasteiger partial charge in [0.2, 0.25) is 0 Å². The topological polar surface area (TPSA) is 3.24 Å². The standard InChI is InChI=1S/C13H10N.Li/c1-14(12-8-4-2-5-9-12)13-10-6-3-7-11-13;/h2-6,8,10H,1H3;/q-1;+1. The second kappa shape index (κ2) is 5.52. The Morgan fingerprint density at radius 3 is 2.67 bits per heavy atom. The summed E-state index contributed by atoms with van der Waals surface area (Å²) in [5, 5.41) is 0. The zero-order valence-electron chi connectivity index (χ0n) is 8.99. The number of rotatable bonds is 2. The predicted octanol–water partition coefficient (Wildman–Crippen LogP) is -0.141. The molecule has 0 aliphatic carbocycles. The molecule has 0 saturated heterocycles. The van der Waals surface area contributed by atoms with Gasteiger partial charge in [-0.1, -0.05) is 17.8 Å². The van der Waals surface area contributed by atoms with Crippen molar-refractivity contribution in [3.05, 3.63) is 60.7 Å². The molecule has 0 unspecified atom stereocenters. The molecular formula is C13H10LiN. The Morgan fingerprint density at radius 1 is 1.20 bits per heavy atom. The summed E-state index contributed by atoms with van der Waals surface area (Å²) in [7, 11) is 1.99. The molecule has 0 aliphatic heterocycles. The van der Waals surface area contributed by atoms with Crippen LogP contribution in [0.15, 0.2) is 42.5 Å². The van der Waals surface area contributed by atoms with Crippen LogP contribution in [0.4, 0.5) is 11.4 Å². The van der Waals surface area contributed by atoms with Crippen LogP contribution in [0.3, 0.4) is 0 Å². The molecule has 0 amide bonds. The Balaban J connectivity index is 0.00000112. The van der Waals surface area contributed by atoms with E-state index in [0.717, 1.165) is 11.4 Å². The predicted molar refractivity (Wildman–Crippen MR) is 57.5 cm³/mol. The number of nitrogens with zero attached hydrogens (tertiary/aromatic N) is 1. The average molecular weight is 187 g/mol. The Kier molecular flexibility index (Phi) is 4.31. The molecule has 15 heavy (non-hydrogen) atoms. The molecule has 0 aromatic heterocycles. The average Bonchev–Trinajstić information content (AvgIpc) is 2.30. The summed E-state index contributed by atoms with van der Waals surface area (Å²) >= 11 is 0. The van der Waals surface area contributed by atoms with Crippen molar-refractivity contribution >= 4 is 11.4 Å². The summed E-state index contributed by atoms with van der Waals surface area (Å²) in [6.07, 6.45) is 0. The van der Waals surface area contributed by atoms with E-state index in [1.54, 1.807) is 0 Å². The van der Waals surface area contributed by atoms with Gasteiger partial charge in [0.25, 0.3) is 0 Å². The molecule has 0 bridgehead atoms. The molecule has 2 rings (SSSR count). The molecule has 1 nitrogen and oxygen atoms in total. The maximum atomic E-state index is 3.16. The number of para-hydroxylation sites is 1. The van der Waals surface area contributed by atoms with Crippen molar-refractivity contribution < 1.29 is 18.9 Å². The van der Waals surface area contributed by atoms with Gasteiger partial charge in [-0.05, 0) is 18.2 Å². The van der Waals surface area contributed by atoms with E-state index in [-0.39, 0.29) is 18.9 Å². The van der Waals surface area contributed by atoms with Crippen molar-refractivity contribution in [2.75, 3.05) is 11.9 Å². The van der Waals surface area contributed by atoms with Crippen LogP contribution < -0.4 is 23.8 Å². The van der Waals surface area contributed by atoms with Crippen LogP contribution in [0, 0.1) is 18.2 Å². The van der Waals surface area contributed by atoms with E-state index >= 15 is 0 Å². The van der Waals surface area contributed by atoms with E-state index in [0.29, 0.717) is 0 Å². The minimum atomic E-state index is 0. The minimum absolute atomic E-state index is 0. The molecule has 0 saturated carbocycles. The second-order valence-electron chi connectivity index (χ2n) is 2.99. The van der Waals surface area contributed by atoms with Crippen LogP contribution in [0.5, 0.6) is 0 Å². The number of hydrogen-bond donors (Lipinski definition) is 0. The van der Waals surface area contributed by atoms with Crippen LogP contribution in [0.25, 0.3) is 0 Å². The third-order valence-electron chi connectivity index (χ3n) is 2.05. The van der Waals surface area contributed by atoms with Gasteiger partial charge in [-0.3, -0.25) is 0 Å². The fraction of sp³-hybridized carbons (Fsp3) is 0.0769. The van der Waals surface area contributed by atoms with Crippen molar-refractivity contribution in [1.82, 2.24) is 0 Å². The molecular weight excluding hydrogens is 177 g/mol. The summed E-state index contributed by atoms with van der Waals surface area (Å²) in [6.45, 7) is 0. The van der Waals surface area contributed by atoms with Crippen LogP contribution >= 0.6 is 0 Å². The van der Waals surface area contributed by atoms with E-state index in [9.17, 15) is 0 Å². The maximum absolute atomic E-state index is 3.16. The first-order valence-electron chi connectivity index (χ1n) is 4.47. The normalized spacial score (nSPS) is 8.60. The second-order valence-corrected chi connectivity index (χ2v) is 2.99. The van der Waals surface area contributed by atoms with Gasteiger partial charge in [0.05, 0.1) is 5.69 Å². The number of anilines is 2. The molecule has 0 radical (unpaired) electrons. The Labute approximate surface area is 103 Å². The van der Waals surface area contributed by atoms with Gasteiger partial charge in [0.15, 0.2) is 0 Å². The first-order chi connectivity index (χ1) is 6.88. The first kappa shape index (κ1) is 11.7. The summed E-state index contributed by atoms with van der Waals surface area (Å²) in [5.41, 5.74) is 2.03. The monoisotopic (exact) mass is 187 g/mol. The van der Waals surface area contributed by atoms with Crippen LogP contribution in [-0.4, -0.2) is 7.05 Å². The van der Waals surface area contributed by atoms with Gasteiger partial charge in [0, 0.05) is 7.05 Å². The molecule has 0 N–H and O–H groups in total. The molecule has 0 aliphatic rings.